The second-order valence-electron chi connectivity index (χ2n) is 5.93. The van der Waals surface area contributed by atoms with Gasteiger partial charge in [0.05, 0.1) is 6.04 Å². The van der Waals surface area contributed by atoms with E-state index in [2.05, 4.69) is 5.32 Å². The van der Waals surface area contributed by atoms with Crippen LogP contribution in [0.25, 0.3) is 0 Å². The van der Waals surface area contributed by atoms with E-state index in [1.165, 1.54) is 17.0 Å². The molecule has 0 saturated carbocycles. The van der Waals surface area contributed by atoms with Crippen LogP contribution in [-0.2, 0) is 4.79 Å². The van der Waals surface area contributed by atoms with Crippen molar-refractivity contribution in [1.29, 1.82) is 0 Å². The molecule has 128 valence electrons. The Morgan fingerprint density at radius 1 is 1.16 bits per heavy atom. The fourth-order valence-electron chi connectivity index (χ4n) is 3.00. The molecule has 25 heavy (non-hydrogen) atoms. The van der Waals surface area contributed by atoms with Crippen LogP contribution in [0, 0.1) is 5.82 Å². The standard InChI is InChI=1S/C18H15FN2O4/c19-12-2-1-3-14(7-12)21-9-13(8-17(21)22)20-18(23)11-4-5-15-16(6-11)25-10-24-15/h1-7,13H,8-10H2,(H,20,23). The summed E-state index contributed by atoms with van der Waals surface area (Å²) in [4.78, 5) is 26.1. The summed E-state index contributed by atoms with van der Waals surface area (Å²) in [6.07, 6.45) is 0.173. The molecule has 2 aromatic rings. The number of hydrogen-bond donors (Lipinski definition) is 1. The van der Waals surface area contributed by atoms with Gasteiger partial charge in [0.2, 0.25) is 12.7 Å². The molecule has 2 aromatic carbocycles. The number of anilines is 1. The van der Waals surface area contributed by atoms with Gasteiger partial charge in [0, 0.05) is 24.2 Å². The van der Waals surface area contributed by atoms with Crippen molar-refractivity contribution in [2.24, 2.45) is 0 Å². The Morgan fingerprint density at radius 3 is 2.84 bits per heavy atom. The molecule has 1 unspecified atom stereocenters. The van der Waals surface area contributed by atoms with Crippen LogP contribution in [0.5, 0.6) is 11.5 Å². The monoisotopic (exact) mass is 342 g/mol. The number of fused-ring (bicyclic) bond motifs is 1. The van der Waals surface area contributed by atoms with Crippen LogP contribution in [0.4, 0.5) is 10.1 Å². The molecule has 7 heteroatoms. The molecule has 4 rings (SSSR count). The fourth-order valence-corrected chi connectivity index (χ4v) is 3.00. The highest BCUT2D eigenvalue weighted by Crippen LogP contribution is 2.32. The number of nitrogens with one attached hydrogen (secondary N) is 1. The zero-order chi connectivity index (χ0) is 17.4. The fraction of sp³-hybridized carbons (Fsp3) is 0.222. The maximum Gasteiger partial charge on any atom is 0.251 e. The first-order valence-electron chi connectivity index (χ1n) is 7.86. The van der Waals surface area contributed by atoms with E-state index in [1.54, 1.807) is 30.3 Å². The number of hydrogen-bond acceptors (Lipinski definition) is 4. The molecule has 1 N–H and O–H groups in total. The van der Waals surface area contributed by atoms with Crippen molar-refractivity contribution in [3.8, 4) is 11.5 Å². The van der Waals surface area contributed by atoms with Crippen molar-refractivity contribution in [2.45, 2.75) is 12.5 Å². The average molecular weight is 342 g/mol. The van der Waals surface area contributed by atoms with Crippen LogP contribution in [0.2, 0.25) is 0 Å². The zero-order valence-corrected chi connectivity index (χ0v) is 13.2. The number of ether oxygens (including phenoxy) is 2. The molecule has 1 saturated heterocycles. The summed E-state index contributed by atoms with van der Waals surface area (Å²) in [7, 11) is 0. The third kappa shape index (κ3) is 3.00. The highest BCUT2D eigenvalue weighted by Gasteiger charge is 2.32. The van der Waals surface area contributed by atoms with Gasteiger partial charge in [-0.15, -0.1) is 0 Å². The minimum atomic E-state index is -0.404. The van der Waals surface area contributed by atoms with E-state index < -0.39 is 5.82 Å². The molecule has 6 nitrogen and oxygen atoms in total. The smallest absolute Gasteiger partial charge is 0.251 e. The van der Waals surface area contributed by atoms with Gasteiger partial charge in [-0.25, -0.2) is 4.39 Å². The molecule has 0 aromatic heterocycles. The Morgan fingerprint density at radius 2 is 2.00 bits per heavy atom. The maximum atomic E-state index is 13.4. The van der Waals surface area contributed by atoms with Gasteiger partial charge in [0.25, 0.3) is 5.91 Å². The van der Waals surface area contributed by atoms with Crippen LogP contribution < -0.4 is 19.7 Å². The summed E-state index contributed by atoms with van der Waals surface area (Å²) in [5.41, 5.74) is 0.922. The van der Waals surface area contributed by atoms with Crippen molar-refractivity contribution in [3.05, 3.63) is 53.8 Å². The molecule has 0 aliphatic carbocycles. The van der Waals surface area contributed by atoms with Gasteiger partial charge in [0.1, 0.15) is 5.82 Å². The number of nitrogens with zero attached hydrogens (tertiary/aromatic N) is 1. The lowest BCUT2D eigenvalue weighted by Crippen LogP contribution is -2.37. The number of rotatable bonds is 3. The van der Waals surface area contributed by atoms with Gasteiger partial charge >= 0.3 is 0 Å². The van der Waals surface area contributed by atoms with Crippen molar-refractivity contribution in [1.82, 2.24) is 5.32 Å². The van der Waals surface area contributed by atoms with E-state index in [4.69, 9.17) is 9.47 Å². The highest BCUT2D eigenvalue weighted by atomic mass is 19.1. The number of carbonyl (C=O) groups is 2. The Kier molecular flexibility index (Phi) is 3.76. The van der Waals surface area contributed by atoms with Gasteiger partial charge in [-0.3, -0.25) is 9.59 Å². The summed E-state index contributed by atoms with van der Waals surface area (Å²) in [5, 5.41) is 2.84. The first kappa shape index (κ1) is 15.4. The number of benzene rings is 2. The van der Waals surface area contributed by atoms with E-state index in [1.807, 2.05) is 0 Å². The summed E-state index contributed by atoms with van der Waals surface area (Å²) < 4.78 is 23.8. The van der Waals surface area contributed by atoms with Gasteiger partial charge < -0.3 is 19.7 Å². The maximum absolute atomic E-state index is 13.4. The van der Waals surface area contributed by atoms with Crippen LogP contribution >= 0.6 is 0 Å². The topological polar surface area (TPSA) is 67.9 Å². The average Bonchev–Trinajstić information content (AvgIpc) is 3.20. The molecular formula is C18H15FN2O4. The van der Waals surface area contributed by atoms with Gasteiger partial charge in [-0.05, 0) is 36.4 Å². The molecular weight excluding hydrogens is 327 g/mol. The lowest BCUT2D eigenvalue weighted by Gasteiger charge is -2.17. The SMILES string of the molecule is O=C(NC1CC(=O)N(c2cccc(F)c2)C1)c1ccc2c(c1)OCO2. The van der Waals surface area contributed by atoms with Gasteiger partial charge in [-0.2, -0.15) is 0 Å². The van der Waals surface area contributed by atoms with Crippen LogP contribution in [-0.4, -0.2) is 31.2 Å². The normalized spacial score (nSPS) is 18.5. The second-order valence-corrected chi connectivity index (χ2v) is 5.93. The van der Waals surface area contributed by atoms with E-state index in [0.29, 0.717) is 29.3 Å². The van der Waals surface area contributed by atoms with Crippen LogP contribution in [0.3, 0.4) is 0 Å². The van der Waals surface area contributed by atoms with E-state index in [-0.39, 0.29) is 31.1 Å². The van der Waals surface area contributed by atoms with E-state index in [9.17, 15) is 14.0 Å². The third-order valence-electron chi connectivity index (χ3n) is 4.21. The van der Waals surface area contributed by atoms with E-state index >= 15 is 0 Å². The molecule has 0 radical (unpaired) electrons. The number of carbonyl (C=O) groups excluding carboxylic acids is 2. The van der Waals surface area contributed by atoms with Gasteiger partial charge in [-0.1, -0.05) is 6.07 Å². The summed E-state index contributed by atoms with van der Waals surface area (Å²) in [6.45, 7) is 0.443. The van der Waals surface area contributed by atoms with Crippen molar-refractivity contribution < 1.29 is 23.5 Å². The third-order valence-corrected chi connectivity index (χ3v) is 4.21. The molecule has 2 aliphatic rings. The molecule has 1 fully saturated rings. The first-order chi connectivity index (χ1) is 12.1. The highest BCUT2D eigenvalue weighted by molar-refractivity contribution is 5.99. The molecule has 2 amide bonds. The molecule has 0 spiro atoms. The minimum absolute atomic E-state index is 0.139. The van der Waals surface area contributed by atoms with Crippen molar-refractivity contribution in [2.75, 3.05) is 18.2 Å². The molecule has 1 atom stereocenters. The second kappa shape index (κ2) is 6.08. The van der Waals surface area contributed by atoms with Crippen LogP contribution in [0.15, 0.2) is 42.5 Å². The quantitative estimate of drug-likeness (QED) is 0.927. The predicted molar refractivity (Wildman–Crippen MR) is 87.2 cm³/mol. The predicted octanol–water partition coefficient (Wildman–Crippen LogP) is 2.09. The van der Waals surface area contributed by atoms with Crippen molar-refractivity contribution >= 4 is 17.5 Å². The molecule has 0 bridgehead atoms. The Hall–Kier alpha value is -3.09. The Balaban J connectivity index is 1.45. The lowest BCUT2D eigenvalue weighted by molar-refractivity contribution is -0.117. The number of amides is 2. The van der Waals surface area contributed by atoms with E-state index in [0.717, 1.165) is 0 Å². The Labute approximate surface area is 143 Å². The van der Waals surface area contributed by atoms with Crippen molar-refractivity contribution in [3.63, 3.8) is 0 Å². The number of halogens is 1. The summed E-state index contributed by atoms with van der Waals surface area (Å²) in [6, 6.07) is 10.4. The zero-order valence-electron chi connectivity index (χ0n) is 13.2. The largest absolute Gasteiger partial charge is 0.454 e. The van der Waals surface area contributed by atoms with Gasteiger partial charge in [0.15, 0.2) is 11.5 Å². The first-order valence-corrected chi connectivity index (χ1v) is 7.86. The summed E-state index contributed by atoms with van der Waals surface area (Å²) in [5.74, 6) is 0.276. The molecule has 2 heterocycles. The minimum Gasteiger partial charge on any atom is -0.454 e. The summed E-state index contributed by atoms with van der Waals surface area (Å²) >= 11 is 0. The lowest BCUT2D eigenvalue weighted by atomic mass is 10.1. The Bertz CT molecular complexity index is 855. The molecule has 2 aliphatic heterocycles. The van der Waals surface area contributed by atoms with Crippen LogP contribution in [0.1, 0.15) is 16.8 Å².